The lowest BCUT2D eigenvalue weighted by molar-refractivity contribution is 0.278. The molecule has 0 radical (unpaired) electrons. The van der Waals surface area contributed by atoms with Gasteiger partial charge in [0.1, 0.15) is 5.02 Å². The van der Waals surface area contributed by atoms with Crippen molar-refractivity contribution >= 4 is 17.3 Å². The first-order valence-electron chi connectivity index (χ1n) is 5.87. The van der Waals surface area contributed by atoms with Crippen LogP contribution in [0.4, 0.5) is 5.69 Å². The summed E-state index contributed by atoms with van der Waals surface area (Å²) in [5, 5.41) is 16.1. The van der Waals surface area contributed by atoms with Crippen LogP contribution < -0.4 is 10.9 Å². The van der Waals surface area contributed by atoms with Crippen LogP contribution in [0.1, 0.15) is 19.8 Å². The molecule has 5 nitrogen and oxygen atoms in total. The van der Waals surface area contributed by atoms with E-state index in [1.165, 1.54) is 10.9 Å². The van der Waals surface area contributed by atoms with E-state index in [0.29, 0.717) is 18.7 Å². The van der Waals surface area contributed by atoms with Gasteiger partial charge in [-0.05, 0) is 12.8 Å². The van der Waals surface area contributed by atoms with Gasteiger partial charge < -0.3 is 10.4 Å². The fourth-order valence-electron chi connectivity index (χ4n) is 1.57. The van der Waals surface area contributed by atoms with Crippen molar-refractivity contribution in [2.75, 3.05) is 11.9 Å². The molecule has 100 valence electrons. The van der Waals surface area contributed by atoms with E-state index in [2.05, 4.69) is 17.0 Å². The molecule has 0 bridgehead atoms. The highest BCUT2D eigenvalue weighted by molar-refractivity contribution is 6.32. The van der Waals surface area contributed by atoms with Gasteiger partial charge in [-0.15, -0.1) is 6.58 Å². The lowest BCUT2D eigenvalue weighted by atomic mass is 10.1. The molecule has 18 heavy (non-hydrogen) atoms. The summed E-state index contributed by atoms with van der Waals surface area (Å²) in [4.78, 5) is 11.8. The molecule has 1 rings (SSSR count). The SMILES string of the molecule is C=CCn1ncc(NC(CC)CCO)c(Cl)c1=O. The van der Waals surface area contributed by atoms with E-state index < -0.39 is 0 Å². The Bertz CT molecular complexity index is 459. The van der Waals surface area contributed by atoms with Crippen LogP contribution in [0.3, 0.4) is 0 Å². The maximum Gasteiger partial charge on any atom is 0.287 e. The second-order valence-electron chi connectivity index (χ2n) is 3.91. The second kappa shape index (κ2) is 7.18. The summed E-state index contributed by atoms with van der Waals surface area (Å²) in [5.41, 5.74) is 0.155. The van der Waals surface area contributed by atoms with Crippen molar-refractivity contribution in [2.45, 2.75) is 32.4 Å². The molecule has 1 unspecified atom stereocenters. The third-order valence-corrected chi connectivity index (χ3v) is 2.98. The molecule has 2 N–H and O–H groups in total. The van der Waals surface area contributed by atoms with E-state index in [0.717, 1.165) is 6.42 Å². The number of hydrogen-bond acceptors (Lipinski definition) is 4. The normalized spacial score (nSPS) is 12.2. The smallest absolute Gasteiger partial charge is 0.287 e. The molecule has 0 fully saturated rings. The summed E-state index contributed by atoms with van der Waals surface area (Å²) >= 11 is 6.00. The fraction of sp³-hybridized carbons (Fsp3) is 0.500. The molecule has 0 aliphatic carbocycles. The molecule has 1 atom stereocenters. The van der Waals surface area contributed by atoms with Crippen molar-refractivity contribution in [1.29, 1.82) is 0 Å². The van der Waals surface area contributed by atoms with Gasteiger partial charge in [0, 0.05) is 12.6 Å². The van der Waals surface area contributed by atoms with Crippen LogP contribution in [-0.4, -0.2) is 27.5 Å². The van der Waals surface area contributed by atoms with Crippen LogP contribution in [0, 0.1) is 0 Å². The zero-order chi connectivity index (χ0) is 13.5. The summed E-state index contributed by atoms with van der Waals surface area (Å²) in [6, 6.07) is 0.0731. The van der Waals surface area contributed by atoms with Crippen LogP contribution >= 0.6 is 11.6 Å². The van der Waals surface area contributed by atoms with Gasteiger partial charge in [0.15, 0.2) is 0 Å². The minimum atomic E-state index is -0.347. The minimum Gasteiger partial charge on any atom is -0.396 e. The summed E-state index contributed by atoms with van der Waals surface area (Å²) in [6.07, 6.45) is 4.53. The number of halogens is 1. The highest BCUT2D eigenvalue weighted by atomic mass is 35.5. The van der Waals surface area contributed by atoms with E-state index >= 15 is 0 Å². The Kier molecular flexibility index (Phi) is 5.88. The number of aliphatic hydroxyl groups is 1. The third kappa shape index (κ3) is 3.58. The van der Waals surface area contributed by atoms with Crippen LogP contribution in [0.15, 0.2) is 23.6 Å². The van der Waals surface area contributed by atoms with Crippen molar-refractivity contribution in [3.8, 4) is 0 Å². The predicted octanol–water partition coefficient (Wildman–Crippen LogP) is 1.66. The zero-order valence-electron chi connectivity index (χ0n) is 10.4. The van der Waals surface area contributed by atoms with Gasteiger partial charge in [0.05, 0.1) is 18.4 Å². The summed E-state index contributed by atoms with van der Waals surface area (Å²) in [7, 11) is 0. The molecule has 0 aliphatic rings. The number of hydrogen-bond donors (Lipinski definition) is 2. The van der Waals surface area contributed by atoms with E-state index in [-0.39, 0.29) is 23.2 Å². The molecule has 0 spiro atoms. The maximum atomic E-state index is 11.8. The monoisotopic (exact) mass is 271 g/mol. The average molecular weight is 272 g/mol. The number of rotatable bonds is 7. The Morgan fingerprint density at radius 2 is 2.44 bits per heavy atom. The molecule has 1 aromatic rings. The average Bonchev–Trinajstić information content (AvgIpc) is 2.37. The number of aromatic nitrogens is 2. The highest BCUT2D eigenvalue weighted by Gasteiger charge is 2.12. The number of allylic oxidation sites excluding steroid dienone is 1. The van der Waals surface area contributed by atoms with Gasteiger partial charge in [-0.25, -0.2) is 4.68 Å². The van der Waals surface area contributed by atoms with Crippen LogP contribution in [0.25, 0.3) is 0 Å². The number of anilines is 1. The molecule has 0 aromatic carbocycles. The number of aliphatic hydroxyl groups excluding tert-OH is 1. The first-order chi connectivity index (χ1) is 8.63. The van der Waals surface area contributed by atoms with Crippen molar-refractivity contribution < 1.29 is 5.11 Å². The Labute approximate surface area is 111 Å². The molecule has 0 saturated carbocycles. The number of nitrogens with zero attached hydrogens (tertiary/aromatic N) is 2. The minimum absolute atomic E-state index is 0.0731. The Morgan fingerprint density at radius 3 is 3.00 bits per heavy atom. The Morgan fingerprint density at radius 1 is 1.72 bits per heavy atom. The summed E-state index contributed by atoms with van der Waals surface area (Å²) in [6.45, 7) is 5.96. The summed E-state index contributed by atoms with van der Waals surface area (Å²) in [5.74, 6) is 0. The Balaban J connectivity index is 2.94. The van der Waals surface area contributed by atoms with Crippen molar-refractivity contribution in [3.63, 3.8) is 0 Å². The fourth-order valence-corrected chi connectivity index (χ4v) is 1.77. The molecular weight excluding hydrogens is 254 g/mol. The zero-order valence-corrected chi connectivity index (χ0v) is 11.2. The molecule has 1 heterocycles. The van der Waals surface area contributed by atoms with E-state index in [9.17, 15) is 4.79 Å². The van der Waals surface area contributed by atoms with Gasteiger partial charge in [-0.3, -0.25) is 4.79 Å². The summed E-state index contributed by atoms with van der Waals surface area (Å²) < 4.78 is 1.24. The van der Waals surface area contributed by atoms with E-state index in [4.69, 9.17) is 16.7 Å². The van der Waals surface area contributed by atoms with E-state index in [1.54, 1.807) is 6.08 Å². The first-order valence-corrected chi connectivity index (χ1v) is 6.25. The van der Waals surface area contributed by atoms with Gasteiger partial charge in [0.2, 0.25) is 0 Å². The highest BCUT2D eigenvalue weighted by Crippen LogP contribution is 2.18. The maximum absolute atomic E-state index is 11.8. The largest absolute Gasteiger partial charge is 0.396 e. The van der Waals surface area contributed by atoms with Gasteiger partial charge in [0.25, 0.3) is 5.56 Å². The second-order valence-corrected chi connectivity index (χ2v) is 4.29. The van der Waals surface area contributed by atoms with Crippen molar-refractivity contribution in [3.05, 3.63) is 34.2 Å². The first kappa shape index (κ1) is 14.7. The predicted molar refractivity (Wildman–Crippen MR) is 73.1 cm³/mol. The van der Waals surface area contributed by atoms with Gasteiger partial charge in [-0.1, -0.05) is 24.6 Å². The number of nitrogens with one attached hydrogen (secondary N) is 1. The van der Waals surface area contributed by atoms with Crippen molar-refractivity contribution in [2.24, 2.45) is 0 Å². The standard InChI is InChI=1S/C12H18ClN3O2/c1-3-6-16-12(18)11(13)10(8-14-16)15-9(4-2)5-7-17/h3,8-9,15,17H,1,4-7H2,2H3. The molecular formula is C12H18ClN3O2. The Hall–Kier alpha value is -1.33. The lowest BCUT2D eigenvalue weighted by Crippen LogP contribution is -2.26. The van der Waals surface area contributed by atoms with Crippen LogP contribution in [0.2, 0.25) is 5.02 Å². The van der Waals surface area contributed by atoms with Crippen molar-refractivity contribution in [1.82, 2.24) is 9.78 Å². The molecule has 1 aromatic heterocycles. The lowest BCUT2D eigenvalue weighted by Gasteiger charge is -2.17. The van der Waals surface area contributed by atoms with Gasteiger partial charge >= 0.3 is 0 Å². The molecule has 6 heteroatoms. The quantitative estimate of drug-likeness (QED) is 0.740. The third-order valence-electron chi connectivity index (χ3n) is 2.62. The van der Waals surface area contributed by atoms with Gasteiger partial charge in [-0.2, -0.15) is 5.10 Å². The molecule has 0 aliphatic heterocycles. The van der Waals surface area contributed by atoms with E-state index in [1.807, 2.05) is 6.92 Å². The molecule has 0 amide bonds. The topological polar surface area (TPSA) is 67.2 Å². The molecule has 0 saturated heterocycles. The van der Waals surface area contributed by atoms with Crippen LogP contribution in [0.5, 0.6) is 0 Å². The van der Waals surface area contributed by atoms with Crippen LogP contribution in [-0.2, 0) is 6.54 Å².